The van der Waals surface area contributed by atoms with Gasteiger partial charge in [0.2, 0.25) is 0 Å². The summed E-state index contributed by atoms with van der Waals surface area (Å²) in [6.45, 7) is 3.65. The van der Waals surface area contributed by atoms with E-state index in [0.29, 0.717) is 16.2 Å². The van der Waals surface area contributed by atoms with Crippen molar-refractivity contribution in [1.29, 1.82) is 5.26 Å². The number of benzene rings is 1. The van der Waals surface area contributed by atoms with Crippen molar-refractivity contribution in [2.75, 3.05) is 5.01 Å². The van der Waals surface area contributed by atoms with Gasteiger partial charge in [-0.1, -0.05) is 5.01 Å². The molecule has 0 unspecified atom stereocenters. The number of nitriles is 1. The molecule has 0 bridgehead atoms. The second-order valence-electron chi connectivity index (χ2n) is 3.45. The highest BCUT2D eigenvalue weighted by molar-refractivity contribution is 5.47. The quantitative estimate of drug-likeness (QED) is 0.464. The Labute approximate surface area is 93.2 Å². The minimum Gasteiger partial charge on any atom is -0.357 e. The SMILES string of the molecule is CC(C)N(c1ccc(C#N)cc1)[N+](O)=NO. The largest absolute Gasteiger partial charge is 0.357 e. The summed E-state index contributed by atoms with van der Waals surface area (Å²) in [4.78, 5) is 0.353. The summed E-state index contributed by atoms with van der Waals surface area (Å²) in [5.41, 5.74) is 1.15. The smallest absolute Gasteiger partial charge is 0.272 e. The monoisotopic (exact) mass is 221 g/mol. The molecule has 0 fully saturated rings. The van der Waals surface area contributed by atoms with Crippen molar-refractivity contribution in [2.45, 2.75) is 19.9 Å². The zero-order valence-electron chi connectivity index (χ0n) is 9.07. The van der Waals surface area contributed by atoms with Gasteiger partial charge in [-0.3, -0.25) is 0 Å². The highest BCUT2D eigenvalue weighted by Gasteiger charge is 2.24. The molecule has 0 aromatic heterocycles. The Bertz CT molecular complexity index is 419. The van der Waals surface area contributed by atoms with Gasteiger partial charge in [0.05, 0.1) is 17.7 Å². The normalized spacial score (nSPS) is 11.2. The van der Waals surface area contributed by atoms with Crippen LogP contribution in [0.3, 0.4) is 0 Å². The third-order valence-electron chi connectivity index (χ3n) is 2.02. The molecule has 0 saturated heterocycles. The van der Waals surface area contributed by atoms with Crippen LogP contribution in [0, 0.1) is 11.3 Å². The maximum Gasteiger partial charge on any atom is 0.272 e. The van der Waals surface area contributed by atoms with Crippen molar-refractivity contribution < 1.29 is 15.4 Å². The van der Waals surface area contributed by atoms with Crippen LogP contribution in [0.4, 0.5) is 5.69 Å². The number of hydrogen-bond acceptors (Lipinski definition) is 2. The van der Waals surface area contributed by atoms with E-state index < -0.39 is 0 Å². The van der Waals surface area contributed by atoms with E-state index in [1.165, 1.54) is 5.01 Å². The highest BCUT2D eigenvalue weighted by atomic mass is 16.6. The molecule has 0 heterocycles. The van der Waals surface area contributed by atoms with Crippen molar-refractivity contribution in [1.82, 2.24) is 0 Å². The predicted molar refractivity (Wildman–Crippen MR) is 55.0 cm³/mol. The van der Waals surface area contributed by atoms with Gasteiger partial charge in [-0.05, 0) is 38.1 Å². The zero-order valence-corrected chi connectivity index (χ0v) is 9.07. The first kappa shape index (κ1) is 11.8. The van der Waals surface area contributed by atoms with E-state index >= 15 is 0 Å². The Hall–Kier alpha value is -2.29. The van der Waals surface area contributed by atoms with Crippen LogP contribution in [0.15, 0.2) is 29.5 Å². The van der Waals surface area contributed by atoms with Crippen molar-refractivity contribution in [2.24, 2.45) is 5.28 Å². The van der Waals surface area contributed by atoms with Crippen molar-refractivity contribution in [3.8, 4) is 6.07 Å². The molecule has 1 rings (SSSR count). The number of nitrogens with zero attached hydrogens (tertiary/aromatic N) is 4. The molecule has 0 aliphatic rings. The number of hydrogen-bond donors (Lipinski definition) is 2. The van der Waals surface area contributed by atoms with Gasteiger partial charge < -0.3 is 5.21 Å². The summed E-state index contributed by atoms with van der Waals surface area (Å²) in [7, 11) is 0. The second kappa shape index (κ2) is 4.98. The first-order valence-corrected chi connectivity index (χ1v) is 4.73. The van der Waals surface area contributed by atoms with E-state index in [4.69, 9.17) is 10.5 Å². The van der Waals surface area contributed by atoms with Crippen molar-refractivity contribution in [3.63, 3.8) is 0 Å². The molecule has 6 heteroatoms. The van der Waals surface area contributed by atoms with Crippen LogP contribution in [-0.4, -0.2) is 21.4 Å². The first-order valence-electron chi connectivity index (χ1n) is 4.73. The van der Waals surface area contributed by atoms with Crippen LogP contribution in [0.25, 0.3) is 0 Å². The van der Waals surface area contributed by atoms with Gasteiger partial charge in [0.1, 0.15) is 5.69 Å². The Morgan fingerprint density at radius 2 is 1.94 bits per heavy atom. The van der Waals surface area contributed by atoms with Gasteiger partial charge in [0, 0.05) is 0 Å². The molecule has 0 amide bonds. The third-order valence-corrected chi connectivity index (χ3v) is 2.02. The molecule has 2 N–H and O–H groups in total. The fraction of sp³-hybridized carbons (Fsp3) is 0.300. The van der Waals surface area contributed by atoms with Crippen molar-refractivity contribution in [3.05, 3.63) is 29.8 Å². The molecule has 16 heavy (non-hydrogen) atoms. The molecular formula is C10H13N4O2+. The number of rotatable bonds is 3. The van der Waals surface area contributed by atoms with Gasteiger partial charge in [-0.2, -0.15) is 5.26 Å². The Balaban J connectivity index is 3.08. The standard InChI is InChI=1S/C10H12N4O2/c1-8(2)13(14(16)12-15)10-5-3-9(7-11)4-6-10/h3-6,8,16H,1-2H3/p+1. The number of hydrazine groups is 1. The van der Waals surface area contributed by atoms with Crippen LogP contribution < -0.4 is 5.01 Å². The van der Waals surface area contributed by atoms with E-state index in [9.17, 15) is 5.21 Å². The molecule has 6 nitrogen and oxygen atoms in total. The van der Waals surface area contributed by atoms with Gasteiger partial charge in [0.25, 0.3) is 10.2 Å². The van der Waals surface area contributed by atoms with Gasteiger partial charge in [-0.15, -0.1) is 0 Å². The summed E-state index contributed by atoms with van der Waals surface area (Å²) in [6, 6.07) is 8.46. The van der Waals surface area contributed by atoms with E-state index in [2.05, 4.69) is 5.28 Å². The molecule has 84 valence electrons. The summed E-state index contributed by atoms with van der Waals surface area (Å²) in [6.07, 6.45) is 0. The molecule has 0 aliphatic heterocycles. The van der Waals surface area contributed by atoms with E-state index in [-0.39, 0.29) is 6.04 Å². The fourth-order valence-electron chi connectivity index (χ4n) is 1.34. The summed E-state index contributed by atoms with van der Waals surface area (Å²) >= 11 is 0. The average molecular weight is 221 g/mol. The van der Waals surface area contributed by atoms with E-state index in [0.717, 1.165) is 0 Å². The lowest BCUT2D eigenvalue weighted by molar-refractivity contribution is -0.846. The maximum atomic E-state index is 9.35. The molecule has 0 radical (unpaired) electrons. The lowest BCUT2D eigenvalue weighted by Crippen LogP contribution is -2.38. The van der Waals surface area contributed by atoms with Gasteiger partial charge in [-0.25, -0.2) is 5.21 Å². The minimum absolute atomic E-state index is 0.103. The molecule has 1 aromatic rings. The third kappa shape index (κ3) is 2.39. The molecule has 1 aromatic carbocycles. The summed E-state index contributed by atoms with van der Waals surface area (Å²) < 4.78 is 0. The topological polar surface area (TPSA) is 82.9 Å². The van der Waals surface area contributed by atoms with Crippen LogP contribution in [0.5, 0.6) is 0 Å². The van der Waals surface area contributed by atoms with E-state index in [1.807, 2.05) is 19.9 Å². The second-order valence-corrected chi connectivity index (χ2v) is 3.45. The lowest BCUT2D eigenvalue weighted by atomic mass is 10.2. The average Bonchev–Trinajstić information content (AvgIpc) is 2.29. The molecule has 0 saturated carbocycles. The van der Waals surface area contributed by atoms with Crippen LogP contribution in [0.2, 0.25) is 0 Å². The first-order chi connectivity index (χ1) is 7.60. The molecule has 0 aliphatic carbocycles. The molecular weight excluding hydrogens is 208 g/mol. The van der Waals surface area contributed by atoms with Crippen molar-refractivity contribution >= 4 is 5.69 Å². The zero-order chi connectivity index (χ0) is 12.1. The predicted octanol–water partition coefficient (Wildman–Crippen LogP) is 1.93. The van der Waals surface area contributed by atoms with Crippen LogP contribution >= 0.6 is 0 Å². The molecule has 0 atom stereocenters. The van der Waals surface area contributed by atoms with Crippen LogP contribution in [0.1, 0.15) is 19.4 Å². The summed E-state index contributed by atoms with van der Waals surface area (Å²) in [5.74, 6) is 0. The molecule has 0 spiro atoms. The Kier molecular flexibility index (Phi) is 3.67. The van der Waals surface area contributed by atoms with Crippen LogP contribution in [-0.2, 0) is 0 Å². The maximum absolute atomic E-state index is 9.35. The van der Waals surface area contributed by atoms with E-state index in [1.54, 1.807) is 24.3 Å². The number of anilines is 1. The fourth-order valence-corrected chi connectivity index (χ4v) is 1.34. The lowest BCUT2D eigenvalue weighted by Gasteiger charge is -2.15. The highest BCUT2D eigenvalue weighted by Crippen LogP contribution is 2.17. The minimum atomic E-state index is -0.103. The van der Waals surface area contributed by atoms with Gasteiger partial charge >= 0.3 is 0 Å². The summed E-state index contributed by atoms with van der Waals surface area (Å²) in [5, 5.41) is 30.6. The Morgan fingerprint density at radius 3 is 2.31 bits per heavy atom. The Morgan fingerprint density at radius 1 is 1.38 bits per heavy atom. The van der Waals surface area contributed by atoms with Gasteiger partial charge in [0.15, 0.2) is 0 Å².